The van der Waals surface area contributed by atoms with Crippen LogP contribution in [0.1, 0.15) is 38.3 Å². The van der Waals surface area contributed by atoms with Crippen molar-refractivity contribution in [2.24, 2.45) is 5.41 Å². The van der Waals surface area contributed by atoms with Gasteiger partial charge in [-0.1, -0.05) is 45.0 Å². The van der Waals surface area contributed by atoms with Gasteiger partial charge in [0.1, 0.15) is 5.84 Å². The van der Waals surface area contributed by atoms with Gasteiger partial charge >= 0.3 is 0 Å². The number of hydrogen-bond donors (Lipinski definition) is 1. The first-order valence-electron chi connectivity index (χ1n) is 6.39. The lowest BCUT2D eigenvalue weighted by Crippen LogP contribution is -2.38. The number of benzene rings is 1. The lowest BCUT2D eigenvalue weighted by molar-refractivity contribution is 0.363. The zero-order valence-corrected chi connectivity index (χ0v) is 11.1. The normalized spacial score (nSPS) is 16.3. The van der Waals surface area contributed by atoms with Crippen LogP contribution in [0, 0.1) is 10.8 Å². The number of amidine groups is 1. The van der Waals surface area contributed by atoms with Gasteiger partial charge in [0, 0.05) is 18.5 Å². The van der Waals surface area contributed by atoms with E-state index < -0.39 is 0 Å². The zero-order chi connectivity index (χ0) is 12.5. The number of rotatable bonds is 0. The summed E-state index contributed by atoms with van der Waals surface area (Å²) < 4.78 is 0. The van der Waals surface area contributed by atoms with Crippen LogP contribution in [0.15, 0.2) is 24.3 Å². The fourth-order valence-corrected chi connectivity index (χ4v) is 2.37. The molecule has 1 aromatic rings. The number of nitrogens with one attached hydrogen (secondary N) is 1. The summed E-state index contributed by atoms with van der Waals surface area (Å²) in [6, 6.07) is 8.63. The van der Waals surface area contributed by atoms with Gasteiger partial charge in [-0.2, -0.15) is 0 Å². The third-order valence-corrected chi connectivity index (χ3v) is 3.38. The summed E-state index contributed by atoms with van der Waals surface area (Å²) in [5.41, 5.74) is 2.79. The van der Waals surface area contributed by atoms with Crippen LogP contribution in [-0.2, 0) is 13.0 Å². The molecule has 0 radical (unpaired) electrons. The molecule has 1 aliphatic rings. The van der Waals surface area contributed by atoms with Crippen molar-refractivity contribution in [1.29, 1.82) is 5.41 Å². The maximum absolute atomic E-state index is 8.30. The van der Waals surface area contributed by atoms with Crippen LogP contribution in [-0.4, -0.2) is 17.3 Å². The van der Waals surface area contributed by atoms with Crippen molar-refractivity contribution in [3.8, 4) is 0 Å². The average Bonchev–Trinajstić information content (AvgIpc) is 2.48. The van der Waals surface area contributed by atoms with Gasteiger partial charge in [0.2, 0.25) is 0 Å². The van der Waals surface area contributed by atoms with Crippen LogP contribution >= 0.6 is 0 Å². The van der Waals surface area contributed by atoms with E-state index >= 15 is 0 Å². The minimum absolute atomic E-state index is 0.0563. The molecule has 0 spiro atoms. The molecule has 0 aromatic heterocycles. The van der Waals surface area contributed by atoms with Gasteiger partial charge in [0.05, 0.1) is 0 Å². The first-order chi connectivity index (χ1) is 7.98. The standard InChI is InChI=1S/C15H22N2/c1-15(2,3)14(16)17-10-6-9-12-7-4-5-8-13(12)11-17/h4-5,7-8,16H,6,9-11H2,1-3H3. The Morgan fingerprint density at radius 2 is 1.82 bits per heavy atom. The van der Waals surface area contributed by atoms with E-state index in [1.807, 2.05) is 0 Å². The second-order valence-electron chi connectivity index (χ2n) is 5.89. The summed E-state index contributed by atoms with van der Waals surface area (Å²) in [5.74, 6) is 0.759. The monoisotopic (exact) mass is 230 g/mol. The molecular formula is C15H22N2. The van der Waals surface area contributed by atoms with E-state index in [0.717, 1.165) is 31.8 Å². The molecule has 0 amide bonds. The Bertz CT molecular complexity index is 415. The van der Waals surface area contributed by atoms with Crippen molar-refractivity contribution in [2.75, 3.05) is 6.54 Å². The SMILES string of the molecule is CC(C)(C)C(=N)N1CCCc2ccccc2C1. The molecule has 0 bridgehead atoms. The molecule has 1 heterocycles. The smallest absolute Gasteiger partial charge is 0.102 e. The first kappa shape index (κ1) is 12.2. The van der Waals surface area contributed by atoms with Crippen molar-refractivity contribution < 1.29 is 0 Å². The Morgan fingerprint density at radius 3 is 2.47 bits per heavy atom. The Hall–Kier alpha value is -1.31. The molecule has 0 saturated carbocycles. The fraction of sp³-hybridized carbons (Fsp3) is 0.533. The summed E-state index contributed by atoms with van der Waals surface area (Å²) in [7, 11) is 0. The topological polar surface area (TPSA) is 27.1 Å². The number of fused-ring (bicyclic) bond motifs is 1. The van der Waals surface area contributed by atoms with Crippen molar-refractivity contribution in [1.82, 2.24) is 4.90 Å². The van der Waals surface area contributed by atoms with Gasteiger partial charge in [-0.3, -0.25) is 5.41 Å². The number of hydrogen-bond acceptors (Lipinski definition) is 1. The molecule has 2 rings (SSSR count). The molecule has 92 valence electrons. The summed E-state index contributed by atoms with van der Waals surface area (Å²) in [6.07, 6.45) is 2.29. The molecule has 1 aliphatic heterocycles. The summed E-state index contributed by atoms with van der Waals surface area (Å²) in [5, 5.41) is 8.30. The van der Waals surface area contributed by atoms with E-state index in [4.69, 9.17) is 5.41 Å². The van der Waals surface area contributed by atoms with Gasteiger partial charge < -0.3 is 4.90 Å². The average molecular weight is 230 g/mol. The predicted octanol–water partition coefficient (Wildman–Crippen LogP) is 3.46. The Balaban J connectivity index is 2.22. The Morgan fingerprint density at radius 1 is 1.18 bits per heavy atom. The quantitative estimate of drug-likeness (QED) is 0.536. The van der Waals surface area contributed by atoms with E-state index in [-0.39, 0.29) is 5.41 Å². The van der Waals surface area contributed by atoms with Crippen molar-refractivity contribution >= 4 is 5.84 Å². The fourth-order valence-electron chi connectivity index (χ4n) is 2.37. The van der Waals surface area contributed by atoms with Gasteiger partial charge in [0.25, 0.3) is 0 Å². The van der Waals surface area contributed by atoms with Crippen LogP contribution in [0.3, 0.4) is 0 Å². The maximum Gasteiger partial charge on any atom is 0.102 e. The molecule has 0 fully saturated rings. The molecule has 1 N–H and O–H groups in total. The molecule has 0 aliphatic carbocycles. The van der Waals surface area contributed by atoms with Crippen molar-refractivity contribution in [2.45, 2.75) is 40.2 Å². The minimum Gasteiger partial charge on any atom is -0.356 e. The highest BCUT2D eigenvalue weighted by Gasteiger charge is 2.24. The van der Waals surface area contributed by atoms with E-state index in [2.05, 4.69) is 49.9 Å². The number of aryl methyl sites for hydroxylation is 1. The van der Waals surface area contributed by atoms with E-state index in [1.54, 1.807) is 0 Å². The zero-order valence-electron chi connectivity index (χ0n) is 11.1. The lowest BCUT2D eigenvalue weighted by atomic mass is 9.94. The van der Waals surface area contributed by atoms with Crippen molar-refractivity contribution in [3.63, 3.8) is 0 Å². The third-order valence-electron chi connectivity index (χ3n) is 3.38. The third kappa shape index (κ3) is 2.68. The summed E-state index contributed by atoms with van der Waals surface area (Å²) >= 11 is 0. The molecule has 1 aromatic carbocycles. The second-order valence-corrected chi connectivity index (χ2v) is 5.89. The van der Waals surface area contributed by atoms with Gasteiger partial charge in [-0.15, -0.1) is 0 Å². The molecule has 0 unspecified atom stereocenters. The van der Waals surface area contributed by atoms with Crippen molar-refractivity contribution in [3.05, 3.63) is 35.4 Å². The molecule has 2 nitrogen and oxygen atoms in total. The molecule has 2 heteroatoms. The highest BCUT2D eigenvalue weighted by Crippen LogP contribution is 2.24. The first-order valence-corrected chi connectivity index (χ1v) is 6.39. The van der Waals surface area contributed by atoms with E-state index in [1.165, 1.54) is 11.1 Å². The maximum atomic E-state index is 8.30. The van der Waals surface area contributed by atoms with E-state index in [9.17, 15) is 0 Å². The van der Waals surface area contributed by atoms with Crippen LogP contribution < -0.4 is 0 Å². The van der Waals surface area contributed by atoms with Crippen LogP contribution in [0.4, 0.5) is 0 Å². The van der Waals surface area contributed by atoms with Crippen LogP contribution in [0.2, 0.25) is 0 Å². The predicted molar refractivity (Wildman–Crippen MR) is 72.4 cm³/mol. The lowest BCUT2D eigenvalue weighted by Gasteiger charge is -2.31. The van der Waals surface area contributed by atoms with Crippen LogP contribution in [0.5, 0.6) is 0 Å². The largest absolute Gasteiger partial charge is 0.356 e. The van der Waals surface area contributed by atoms with Crippen LogP contribution in [0.25, 0.3) is 0 Å². The van der Waals surface area contributed by atoms with Gasteiger partial charge in [-0.25, -0.2) is 0 Å². The Labute approximate surface area is 104 Å². The summed E-state index contributed by atoms with van der Waals surface area (Å²) in [4.78, 5) is 2.23. The van der Waals surface area contributed by atoms with Gasteiger partial charge in [0.15, 0.2) is 0 Å². The molecule has 0 saturated heterocycles. The van der Waals surface area contributed by atoms with E-state index in [0.29, 0.717) is 0 Å². The number of nitrogens with zero attached hydrogens (tertiary/aromatic N) is 1. The molecular weight excluding hydrogens is 208 g/mol. The minimum atomic E-state index is -0.0563. The summed E-state index contributed by atoms with van der Waals surface area (Å²) in [6.45, 7) is 8.25. The molecule has 17 heavy (non-hydrogen) atoms. The highest BCUT2D eigenvalue weighted by atomic mass is 15.2. The second kappa shape index (κ2) is 4.52. The van der Waals surface area contributed by atoms with Gasteiger partial charge in [-0.05, 0) is 24.0 Å². The highest BCUT2D eigenvalue weighted by molar-refractivity contribution is 5.84. The molecule has 0 atom stereocenters. The Kier molecular flexibility index (Phi) is 3.23.